The molecule has 0 spiro atoms. The Morgan fingerprint density at radius 2 is 1.65 bits per heavy atom. The quantitative estimate of drug-likeness (QED) is 0.452. The van der Waals surface area contributed by atoms with E-state index in [9.17, 15) is 4.79 Å². The number of rotatable bonds is 4. The average Bonchev–Trinajstić information content (AvgIpc) is 3.18. The van der Waals surface area contributed by atoms with E-state index in [4.69, 9.17) is 34.8 Å². The molecule has 0 N–H and O–H groups in total. The molecule has 0 amide bonds. The molecule has 2 aliphatic rings. The number of hydrogen-bond acceptors (Lipinski definition) is 2. The first kappa shape index (κ1) is 24.7. The van der Waals surface area contributed by atoms with Crippen LogP contribution in [0.25, 0.3) is 5.69 Å². The zero-order chi connectivity index (χ0) is 23.3. The Morgan fingerprint density at radius 1 is 1.06 bits per heavy atom. The summed E-state index contributed by atoms with van der Waals surface area (Å²) in [5.74, 6) is 0.283. The first-order valence-corrected chi connectivity index (χ1v) is 12.3. The lowest BCUT2D eigenvalue weighted by Gasteiger charge is -2.36. The molecule has 0 unspecified atom stereocenters. The third-order valence-electron chi connectivity index (χ3n) is 7.94. The van der Waals surface area contributed by atoms with Gasteiger partial charge in [-0.3, -0.25) is 9.48 Å². The Bertz CT molecular complexity index is 1030. The predicted octanol–water partition coefficient (Wildman–Crippen LogP) is 6.66. The second-order valence-electron chi connectivity index (χ2n) is 9.39. The highest BCUT2D eigenvalue weighted by molar-refractivity contribution is 6.44. The first-order valence-electron chi connectivity index (χ1n) is 11.2. The molecular weight excluding hydrogens is 453 g/mol. The lowest BCUT2D eigenvalue weighted by Crippen LogP contribution is -2.35. The van der Waals surface area contributed by atoms with Crippen LogP contribution in [0.15, 0.2) is 16.9 Å². The SMILES string of the molecule is CCN(CC)CC.Cn1c2c(c(=O)n1-c1cc(Cl)cc(Cl)c1Cl)[C@H]1CC[C@]2(C)C1(C)C. The Balaban J connectivity index is 0.000000339. The van der Waals surface area contributed by atoms with Gasteiger partial charge in [-0.25, -0.2) is 4.68 Å². The minimum Gasteiger partial charge on any atom is -0.304 e. The molecule has 2 aromatic rings. The predicted molar refractivity (Wildman–Crippen MR) is 133 cm³/mol. The smallest absolute Gasteiger partial charge is 0.275 e. The van der Waals surface area contributed by atoms with E-state index in [0.717, 1.165) is 24.1 Å². The molecule has 1 fully saturated rings. The normalized spacial score (nSPS) is 23.1. The molecule has 2 atom stereocenters. The van der Waals surface area contributed by atoms with Gasteiger partial charge in [-0.15, -0.1) is 0 Å². The topological polar surface area (TPSA) is 30.2 Å². The highest BCUT2D eigenvalue weighted by Gasteiger charge is 2.62. The monoisotopic (exact) mass is 485 g/mol. The summed E-state index contributed by atoms with van der Waals surface area (Å²) < 4.78 is 3.57. The van der Waals surface area contributed by atoms with E-state index in [1.54, 1.807) is 16.8 Å². The van der Waals surface area contributed by atoms with Crippen molar-refractivity contribution < 1.29 is 0 Å². The van der Waals surface area contributed by atoms with Crippen LogP contribution < -0.4 is 5.56 Å². The molecule has 2 aliphatic carbocycles. The van der Waals surface area contributed by atoms with Crippen LogP contribution in [0.1, 0.15) is 71.6 Å². The molecule has 4 rings (SSSR count). The molecule has 1 saturated carbocycles. The zero-order valence-electron chi connectivity index (χ0n) is 19.7. The number of hydrogen-bond donors (Lipinski definition) is 0. The fourth-order valence-corrected chi connectivity index (χ4v) is 6.33. The van der Waals surface area contributed by atoms with Gasteiger partial charge in [0, 0.05) is 23.0 Å². The van der Waals surface area contributed by atoms with Crippen molar-refractivity contribution in [3.05, 3.63) is 48.8 Å². The van der Waals surface area contributed by atoms with Crippen molar-refractivity contribution in [2.24, 2.45) is 12.5 Å². The third-order valence-corrected chi connectivity index (χ3v) is 8.95. The largest absolute Gasteiger partial charge is 0.304 e. The molecule has 172 valence electrons. The molecule has 0 aliphatic heterocycles. The maximum atomic E-state index is 13.3. The fourth-order valence-electron chi connectivity index (χ4n) is 5.66. The van der Waals surface area contributed by atoms with Crippen molar-refractivity contribution >= 4 is 34.8 Å². The van der Waals surface area contributed by atoms with E-state index in [1.807, 2.05) is 11.7 Å². The van der Waals surface area contributed by atoms with E-state index in [1.165, 1.54) is 19.6 Å². The van der Waals surface area contributed by atoms with Gasteiger partial charge < -0.3 is 4.90 Å². The van der Waals surface area contributed by atoms with Gasteiger partial charge in [0.1, 0.15) is 0 Å². The maximum Gasteiger partial charge on any atom is 0.275 e. The maximum absolute atomic E-state index is 13.3. The van der Waals surface area contributed by atoms with E-state index >= 15 is 0 Å². The van der Waals surface area contributed by atoms with Crippen LogP contribution in [0, 0.1) is 5.41 Å². The fraction of sp³-hybridized carbons (Fsp3) is 0.625. The minimum atomic E-state index is -0.0129. The standard InChI is InChI=1S/C18H19Cl3N2O.C6H15N/c1-17(2)10-5-6-18(17,3)15-13(10)16(24)23(22(15)4)12-8-9(19)7-11(20)14(12)21;1-4-7(5-2)6-3/h7-8,10H,5-6H2,1-4H3;4-6H2,1-3H3/t10-,18+;/m1./s1. The van der Waals surface area contributed by atoms with E-state index < -0.39 is 0 Å². The van der Waals surface area contributed by atoms with Crippen LogP contribution >= 0.6 is 34.8 Å². The summed E-state index contributed by atoms with van der Waals surface area (Å²) in [5.41, 5.74) is 2.67. The molecule has 31 heavy (non-hydrogen) atoms. The van der Waals surface area contributed by atoms with Crippen molar-refractivity contribution in [2.75, 3.05) is 19.6 Å². The Morgan fingerprint density at radius 3 is 2.13 bits per heavy atom. The summed E-state index contributed by atoms with van der Waals surface area (Å²) in [6.07, 6.45) is 2.15. The Labute approximate surface area is 201 Å². The van der Waals surface area contributed by atoms with Gasteiger partial charge in [-0.05, 0) is 55.9 Å². The van der Waals surface area contributed by atoms with Crippen LogP contribution in [0.2, 0.25) is 15.1 Å². The van der Waals surface area contributed by atoms with Crippen LogP contribution in [0.3, 0.4) is 0 Å². The highest BCUT2D eigenvalue weighted by Crippen LogP contribution is 2.67. The molecule has 7 heteroatoms. The average molecular weight is 487 g/mol. The number of halogens is 3. The summed E-state index contributed by atoms with van der Waals surface area (Å²) in [5, 5.41) is 1.16. The Kier molecular flexibility index (Phi) is 6.99. The molecule has 1 aromatic carbocycles. The van der Waals surface area contributed by atoms with Gasteiger partial charge in [-0.2, -0.15) is 0 Å². The molecule has 0 saturated heterocycles. The van der Waals surface area contributed by atoms with Gasteiger partial charge in [-0.1, -0.05) is 76.3 Å². The summed E-state index contributed by atoms with van der Waals surface area (Å²) in [7, 11) is 1.92. The molecular formula is C24H34Cl3N3O. The number of benzene rings is 1. The van der Waals surface area contributed by atoms with Crippen LogP contribution in [0.4, 0.5) is 0 Å². The lowest BCUT2D eigenvalue weighted by atomic mass is 9.70. The molecule has 1 heterocycles. The Hall–Kier alpha value is -0.940. The molecule has 1 aromatic heterocycles. The summed E-state index contributed by atoms with van der Waals surface area (Å²) in [4.78, 5) is 15.6. The third kappa shape index (κ3) is 3.68. The van der Waals surface area contributed by atoms with Gasteiger partial charge in [0.15, 0.2) is 0 Å². The first-order chi connectivity index (χ1) is 14.5. The summed E-state index contributed by atoms with van der Waals surface area (Å²) in [6.45, 7) is 16.9. The van der Waals surface area contributed by atoms with Crippen molar-refractivity contribution in [1.29, 1.82) is 0 Å². The summed E-state index contributed by atoms with van der Waals surface area (Å²) >= 11 is 18.7. The summed E-state index contributed by atoms with van der Waals surface area (Å²) in [6, 6.07) is 3.28. The van der Waals surface area contributed by atoms with E-state index in [0.29, 0.717) is 20.8 Å². The second-order valence-corrected chi connectivity index (χ2v) is 10.6. The molecule has 4 nitrogen and oxygen atoms in total. The number of aromatic nitrogens is 2. The minimum absolute atomic E-state index is 0.00534. The second kappa shape index (κ2) is 8.78. The van der Waals surface area contributed by atoms with E-state index in [-0.39, 0.29) is 22.3 Å². The number of nitrogens with zero attached hydrogens (tertiary/aromatic N) is 3. The van der Waals surface area contributed by atoms with Gasteiger partial charge >= 0.3 is 0 Å². The van der Waals surface area contributed by atoms with Crippen molar-refractivity contribution in [1.82, 2.24) is 14.3 Å². The van der Waals surface area contributed by atoms with Gasteiger partial charge in [0.05, 0.1) is 21.4 Å². The number of fused-ring (bicyclic) bond motifs is 5. The zero-order valence-corrected chi connectivity index (χ0v) is 21.9. The molecule has 2 bridgehead atoms. The van der Waals surface area contributed by atoms with Crippen LogP contribution in [0.5, 0.6) is 0 Å². The lowest BCUT2D eigenvalue weighted by molar-refractivity contribution is 0.218. The van der Waals surface area contributed by atoms with Crippen LogP contribution in [-0.2, 0) is 12.5 Å². The molecule has 0 radical (unpaired) electrons. The highest BCUT2D eigenvalue weighted by atomic mass is 35.5. The van der Waals surface area contributed by atoms with Crippen molar-refractivity contribution in [3.63, 3.8) is 0 Å². The van der Waals surface area contributed by atoms with Crippen molar-refractivity contribution in [3.8, 4) is 5.69 Å². The van der Waals surface area contributed by atoms with Crippen molar-refractivity contribution in [2.45, 2.75) is 65.7 Å². The van der Waals surface area contributed by atoms with E-state index in [2.05, 4.69) is 46.4 Å². The van der Waals surface area contributed by atoms with Crippen LogP contribution in [-0.4, -0.2) is 33.9 Å². The van der Waals surface area contributed by atoms with Gasteiger partial charge in [0.2, 0.25) is 0 Å². The van der Waals surface area contributed by atoms with Gasteiger partial charge in [0.25, 0.3) is 5.56 Å².